The lowest BCUT2D eigenvalue weighted by atomic mass is 9.99. The van der Waals surface area contributed by atoms with E-state index in [4.69, 9.17) is 19.4 Å². The van der Waals surface area contributed by atoms with Crippen LogP contribution in [0.3, 0.4) is 0 Å². The summed E-state index contributed by atoms with van der Waals surface area (Å²) >= 11 is 0. The molecule has 12 aromatic rings. The summed E-state index contributed by atoms with van der Waals surface area (Å²) in [4.78, 5) is 15.4. The maximum absolute atomic E-state index is 6.98. The molecule has 58 heavy (non-hydrogen) atoms. The smallest absolute Gasteiger partial charge is 0.165 e. The highest BCUT2D eigenvalue weighted by molar-refractivity contribution is 6.21. The van der Waals surface area contributed by atoms with Crippen LogP contribution in [0.25, 0.3) is 111 Å². The second kappa shape index (κ2) is 12.6. The van der Waals surface area contributed by atoms with Crippen LogP contribution in [0.15, 0.2) is 186 Å². The van der Waals surface area contributed by atoms with E-state index in [1.807, 2.05) is 72.8 Å². The topological polar surface area (TPSA) is 61.7 Å². The maximum atomic E-state index is 6.98. The maximum Gasteiger partial charge on any atom is 0.165 e. The van der Waals surface area contributed by atoms with Gasteiger partial charge in [-0.25, -0.2) is 15.0 Å². The molecule has 0 radical (unpaired) electrons. The third-order valence-electron chi connectivity index (χ3n) is 11.5. The zero-order chi connectivity index (χ0) is 38.3. The minimum atomic E-state index is 0.603. The van der Waals surface area contributed by atoms with Crippen molar-refractivity contribution in [3.63, 3.8) is 0 Å². The van der Waals surface area contributed by atoms with Gasteiger partial charge < -0.3 is 13.6 Å². The van der Waals surface area contributed by atoms with Crippen LogP contribution in [-0.4, -0.2) is 24.1 Å². The average Bonchev–Trinajstić information content (AvgIpc) is 3.94. The van der Waals surface area contributed by atoms with Crippen molar-refractivity contribution in [2.45, 2.75) is 6.92 Å². The third-order valence-corrected chi connectivity index (χ3v) is 11.5. The number of hydrogen-bond acceptors (Lipinski definition) is 4. The van der Waals surface area contributed by atoms with E-state index in [1.165, 1.54) is 32.6 Å². The Balaban J connectivity index is 1.18. The van der Waals surface area contributed by atoms with Gasteiger partial charge in [-0.05, 0) is 61.0 Å². The molecular formula is C52H33N5O. The third kappa shape index (κ3) is 4.82. The van der Waals surface area contributed by atoms with E-state index in [1.54, 1.807) is 0 Å². The molecule has 272 valence electrons. The summed E-state index contributed by atoms with van der Waals surface area (Å²) in [7, 11) is 0. The summed E-state index contributed by atoms with van der Waals surface area (Å²) < 4.78 is 11.7. The summed E-state index contributed by atoms with van der Waals surface area (Å²) in [6, 6.07) is 63.6. The zero-order valence-electron chi connectivity index (χ0n) is 31.5. The van der Waals surface area contributed by atoms with E-state index in [0.29, 0.717) is 17.5 Å². The molecule has 4 heterocycles. The molecule has 0 unspecified atom stereocenters. The Morgan fingerprint density at radius 3 is 1.52 bits per heavy atom. The molecule has 0 aliphatic carbocycles. The van der Waals surface area contributed by atoms with Gasteiger partial charge in [0.2, 0.25) is 0 Å². The molecule has 8 aromatic carbocycles. The van der Waals surface area contributed by atoms with Crippen LogP contribution in [0.5, 0.6) is 0 Å². The normalized spacial score (nSPS) is 11.9. The molecule has 0 fully saturated rings. The van der Waals surface area contributed by atoms with Crippen molar-refractivity contribution in [2.24, 2.45) is 0 Å². The molecule has 0 saturated carbocycles. The SMILES string of the molecule is Cc1cc(-n2c3ccccc3c3cc4c(cc32)c2ccccc2n4-c2ccccc2)c2oc3ccccc3c2c1-c1nc(-c2ccccc2)nc(-c2ccccc2)n1. The van der Waals surface area contributed by atoms with Crippen molar-refractivity contribution in [1.29, 1.82) is 0 Å². The molecule has 6 nitrogen and oxygen atoms in total. The largest absolute Gasteiger partial charge is 0.454 e. The minimum absolute atomic E-state index is 0.603. The predicted molar refractivity (Wildman–Crippen MR) is 237 cm³/mol. The number of furan rings is 1. The van der Waals surface area contributed by atoms with Crippen molar-refractivity contribution >= 4 is 65.6 Å². The van der Waals surface area contributed by atoms with Gasteiger partial charge in [-0.15, -0.1) is 0 Å². The van der Waals surface area contributed by atoms with Crippen molar-refractivity contribution in [3.05, 3.63) is 188 Å². The molecule has 6 heteroatoms. The molecule has 0 aliphatic heterocycles. The average molecular weight is 744 g/mol. The first-order chi connectivity index (χ1) is 28.7. The molecule has 0 atom stereocenters. The number of benzene rings is 8. The minimum Gasteiger partial charge on any atom is -0.454 e. The molecular weight excluding hydrogens is 711 g/mol. The second-order valence-electron chi connectivity index (χ2n) is 14.9. The van der Waals surface area contributed by atoms with Crippen LogP contribution in [-0.2, 0) is 0 Å². The Morgan fingerprint density at radius 1 is 0.414 bits per heavy atom. The van der Waals surface area contributed by atoms with Gasteiger partial charge in [0, 0.05) is 54.7 Å². The van der Waals surface area contributed by atoms with E-state index < -0.39 is 0 Å². The van der Waals surface area contributed by atoms with Crippen LogP contribution in [0.4, 0.5) is 0 Å². The number of para-hydroxylation sites is 4. The first-order valence-corrected chi connectivity index (χ1v) is 19.5. The summed E-state index contributed by atoms with van der Waals surface area (Å²) in [5, 5.41) is 6.73. The Kier molecular flexibility index (Phi) is 7.04. The number of rotatable bonds is 5. The molecule has 0 amide bonds. The number of fused-ring (bicyclic) bond motifs is 9. The van der Waals surface area contributed by atoms with Crippen LogP contribution >= 0.6 is 0 Å². The van der Waals surface area contributed by atoms with Crippen molar-refractivity contribution in [3.8, 4) is 45.5 Å². The van der Waals surface area contributed by atoms with Crippen LogP contribution in [0, 0.1) is 6.92 Å². The fourth-order valence-electron chi connectivity index (χ4n) is 8.93. The van der Waals surface area contributed by atoms with Gasteiger partial charge in [0.15, 0.2) is 23.1 Å². The number of aryl methyl sites for hydroxylation is 1. The van der Waals surface area contributed by atoms with Crippen LogP contribution in [0.1, 0.15) is 5.56 Å². The highest BCUT2D eigenvalue weighted by atomic mass is 16.3. The Bertz CT molecular complexity index is 3510. The van der Waals surface area contributed by atoms with E-state index in [9.17, 15) is 0 Å². The van der Waals surface area contributed by atoms with Crippen molar-refractivity contribution in [1.82, 2.24) is 24.1 Å². The van der Waals surface area contributed by atoms with Crippen LogP contribution < -0.4 is 0 Å². The summed E-state index contributed by atoms with van der Waals surface area (Å²) in [5.74, 6) is 1.84. The zero-order valence-corrected chi connectivity index (χ0v) is 31.5. The van der Waals surface area contributed by atoms with Gasteiger partial charge in [0.05, 0.1) is 27.8 Å². The van der Waals surface area contributed by atoms with E-state index in [2.05, 4.69) is 125 Å². The molecule has 0 spiro atoms. The van der Waals surface area contributed by atoms with E-state index in [0.717, 1.165) is 66.6 Å². The molecule has 0 N–H and O–H groups in total. The standard InChI is InChI=1S/C52H33N5O/c1-32-29-45(57-42-27-15-12-24-37(42)40-30-43-39(31-44(40)57)36-23-11-14-26-41(36)56(43)35-21-9-4-10-22-35)49-48(38-25-13-16-28-46(38)58-49)47(32)52-54-50(33-17-5-2-6-18-33)53-51(55-52)34-19-7-3-8-20-34/h2-31H,1H3. The van der Waals surface area contributed by atoms with Gasteiger partial charge in [0.25, 0.3) is 0 Å². The predicted octanol–water partition coefficient (Wildman–Crippen LogP) is 13.3. The number of aromatic nitrogens is 5. The Morgan fingerprint density at radius 2 is 0.897 bits per heavy atom. The quantitative estimate of drug-likeness (QED) is 0.176. The number of hydrogen-bond donors (Lipinski definition) is 0. The van der Waals surface area contributed by atoms with Gasteiger partial charge >= 0.3 is 0 Å². The summed E-state index contributed by atoms with van der Waals surface area (Å²) in [5.41, 5.74) is 12.0. The number of nitrogens with zero attached hydrogens (tertiary/aromatic N) is 5. The lowest BCUT2D eigenvalue weighted by molar-refractivity contribution is 0.666. The lowest BCUT2D eigenvalue weighted by Gasteiger charge is -2.15. The van der Waals surface area contributed by atoms with E-state index >= 15 is 0 Å². The highest BCUT2D eigenvalue weighted by Crippen LogP contribution is 2.45. The van der Waals surface area contributed by atoms with Gasteiger partial charge in [-0.1, -0.05) is 133 Å². The fraction of sp³-hybridized carbons (Fsp3) is 0.0192. The fourth-order valence-corrected chi connectivity index (χ4v) is 8.93. The lowest BCUT2D eigenvalue weighted by Crippen LogP contribution is -2.03. The van der Waals surface area contributed by atoms with Crippen molar-refractivity contribution in [2.75, 3.05) is 0 Å². The van der Waals surface area contributed by atoms with Gasteiger partial charge in [-0.2, -0.15) is 0 Å². The molecule has 0 saturated heterocycles. The first-order valence-electron chi connectivity index (χ1n) is 19.5. The highest BCUT2D eigenvalue weighted by Gasteiger charge is 2.26. The Labute approximate surface area is 332 Å². The molecule has 4 aromatic heterocycles. The Hall–Kier alpha value is -7.83. The monoisotopic (exact) mass is 743 g/mol. The second-order valence-corrected chi connectivity index (χ2v) is 14.9. The van der Waals surface area contributed by atoms with Gasteiger partial charge in [-0.3, -0.25) is 0 Å². The summed E-state index contributed by atoms with van der Waals surface area (Å²) in [6.45, 7) is 2.16. The van der Waals surface area contributed by atoms with Crippen molar-refractivity contribution < 1.29 is 4.42 Å². The van der Waals surface area contributed by atoms with E-state index in [-0.39, 0.29) is 0 Å². The summed E-state index contributed by atoms with van der Waals surface area (Å²) in [6.07, 6.45) is 0. The molecule has 0 aliphatic rings. The van der Waals surface area contributed by atoms with Gasteiger partial charge in [0.1, 0.15) is 5.58 Å². The van der Waals surface area contributed by atoms with Crippen LogP contribution in [0.2, 0.25) is 0 Å². The molecule has 12 rings (SSSR count). The molecule has 0 bridgehead atoms. The first kappa shape index (κ1) is 32.4.